The molecule has 1 aliphatic heterocycles. The summed E-state index contributed by atoms with van der Waals surface area (Å²) in [6.45, 7) is 9.08. The molecule has 3 heterocycles. The number of hydrogen-bond donors (Lipinski definition) is 1. The molecule has 0 saturated carbocycles. The average molecular weight is 348 g/mol. The van der Waals surface area contributed by atoms with Gasteiger partial charge in [0.25, 0.3) is 0 Å². The number of nitrogens with one attached hydrogen (secondary N) is 1. The lowest BCUT2D eigenvalue weighted by atomic mass is 10.2. The van der Waals surface area contributed by atoms with Gasteiger partial charge in [0.05, 0.1) is 18.3 Å². The summed E-state index contributed by atoms with van der Waals surface area (Å²) in [5.41, 5.74) is 0.805. The lowest BCUT2D eigenvalue weighted by molar-refractivity contribution is 0.0997. The van der Waals surface area contributed by atoms with E-state index in [4.69, 9.17) is 9.05 Å². The summed E-state index contributed by atoms with van der Waals surface area (Å²) in [5, 5.41) is 10.6. The smallest absolute Gasteiger partial charge is 0.317 e. The molecular formula is C16H24N6O3. The van der Waals surface area contributed by atoms with Gasteiger partial charge in [-0.05, 0) is 13.8 Å². The molecule has 2 aromatic rings. The maximum Gasteiger partial charge on any atom is 0.317 e. The molecule has 1 fully saturated rings. The summed E-state index contributed by atoms with van der Waals surface area (Å²) in [6, 6.07) is 1.78. The molecule has 1 unspecified atom stereocenters. The van der Waals surface area contributed by atoms with Gasteiger partial charge in [-0.1, -0.05) is 17.2 Å². The van der Waals surface area contributed by atoms with Crippen LogP contribution in [-0.2, 0) is 13.0 Å². The van der Waals surface area contributed by atoms with Crippen molar-refractivity contribution in [2.24, 2.45) is 0 Å². The predicted molar refractivity (Wildman–Crippen MR) is 88.7 cm³/mol. The zero-order valence-corrected chi connectivity index (χ0v) is 14.9. The van der Waals surface area contributed by atoms with Crippen LogP contribution in [-0.4, -0.2) is 57.3 Å². The first-order chi connectivity index (χ1) is 12.1. The van der Waals surface area contributed by atoms with Crippen LogP contribution in [0.2, 0.25) is 0 Å². The Morgan fingerprint density at radius 3 is 2.64 bits per heavy atom. The second-order valence-electron chi connectivity index (χ2n) is 6.19. The Labute approximate surface area is 146 Å². The van der Waals surface area contributed by atoms with E-state index in [0.717, 1.165) is 31.0 Å². The molecule has 9 nitrogen and oxygen atoms in total. The quantitative estimate of drug-likeness (QED) is 0.874. The van der Waals surface area contributed by atoms with E-state index in [1.165, 1.54) is 0 Å². The molecule has 0 radical (unpaired) electrons. The topological polar surface area (TPSA) is 101 Å². The van der Waals surface area contributed by atoms with E-state index >= 15 is 0 Å². The number of urea groups is 1. The number of carbonyl (C=O) groups is 1. The first kappa shape index (κ1) is 17.4. The van der Waals surface area contributed by atoms with Crippen molar-refractivity contribution in [2.45, 2.75) is 39.8 Å². The zero-order valence-electron chi connectivity index (χ0n) is 14.9. The van der Waals surface area contributed by atoms with Crippen molar-refractivity contribution < 1.29 is 13.8 Å². The molecule has 2 amide bonds. The van der Waals surface area contributed by atoms with E-state index in [-0.39, 0.29) is 12.1 Å². The van der Waals surface area contributed by atoms with Gasteiger partial charge in [-0.3, -0.25) is 4.90 Å². The first-order valence-corrected chi connectivity index (χ1v) is 8.58. The predicted octanol–water partition coefficient (Wildman–Crippen LogP) is 1.52. The van der Waals surface area contributed by atoms with Gasteiger partial charge in [0.15, 0.2) is 11.6 Å². The minimum Gasteiger partial charge on any atom is -0.359 e. The lowest BCUT2D eigenvalue weighted by Gasteiger charge is -2.36. The highest BCUT2D eigenvalue weighted by Gasteiger charge is 2.27. The molecule has 0 aromatic carbocycles. The summed E-state index contributed by atoms with van der Waals surface area (Å²) in [5.74, 6) is 2.01. The fourth-order valence-corrected chi connectivity index (χ4v) is 2.82. The third-order valence-corrected chi connectivity index (χ3v) is 4.40. The van der Waals surface area contributed by atoms with Crippen molar-refractivity contribution in [3.8, 4) is 0 Å². The van der Waals surface area contributed by atoms with Crippen molar-refractivity contribution in [3.05, 3.63) is 29.2 Å². The van der Waals surface area contributed by atoms with E-state index < -0.39 is 0 Å². The Hall–Kier alpha value is -2.42. The molecule has 1 saturated heterocycles. The van der Waals surface area contributed by atoms with Crippen LogP contribution in [0.25, 0.3) is 0 Å². The molecule has 136 valence electrons. The molecule has 0 bridgehead atoms. The van der Waals surface area contributed by atoms with Crippen LogP contribution in [0.1, 0.15) is 43.1 Å². The second-order valence-corrected chi connectivity index (χ2v) is 6.19. The monoisotopic (exact) mass is 348 g/mol. The second kappa shape index (κ2) is 7.64. The molecule has 1 atom stereocenters. The van der Waals surface area contributed by atoms with Gasteiger partial charge in [0, 0.05) is 38.7 Å². The summed E-state index contributed by atoms with van der Waals surface area (Å²) >= 11 is 0. The SMILES string of the molecule is CCc1noc(C(C)N2CCN(C(=O)NCc3cc(C)no3)CC2)n1. The van der Waals surface area contributed by atoms with Gasteiger partial charge < -0.3 is 19.3 Å². The maximum absolute atomic E-state index is 12.3. The van der Waals surface area contributed by atoms with E-state index in [1.54, 1.807) is 4.90 Å². The van der Waals surface area contributed by atoms with Gasteiger partial charge in [-0.25, -0.2) is 4.79 Å². The van der Waals surface area contributed by atoms with Gasteiger partial charge in [-0.15, -0.1) is 0 Å². The van der Waals surface area contributed by atoms with Crippen LogP contribution >= 0.6 is 0 Å². The van der Waals surface area contributed by atoms with Gasteiger partial charge in [0.1, 0.15) is 0 Å². The standard InChI is InChI=1S/C16H24N6O3/c1-4-14-18-15(25-20-14)12(3)21-5-7-22(8-6-21)16(23)17-10-13-9-11(2)19-24-13/h9,12H,4-8,10H2,1-3H3,(H,17,23). The van der Waals surface area contributed by atoms with Gasteiger partial charge in [-0.2, -0.15) is 4.98 Å². The van der Waals surface area contributed by atoms with Crippen molar-refractivity contribution in [2.75, 3.05) is 26.2 Å². The van der Waals surface area contributed by atoms with E-state index in [2.05, 4.69) is 32.4 Å². The maximum atomic E-state index is 12.3. The lowest BCUT2D eigenvalue weighted by Crippen LogP contribution is -2.52. The van der Waals surface area contributed by atoms with Crippen LogP contribution in [0.15, 0.2) is 15.1 Å². The van der Waals surface area contributed by atoms with Crippen LogP contribution in [0.4, 0.5) is 4.79 Å². The minimum absolute atomic E-state index is 0.0511. The minimum atomic E-state index is -0.0904. The fraction of sp³-hybridized carbons (Fsp3) is 0.625. The largest absolute Gasteiger partial charge is 0.359 e. The Kier molecular flexibility index (Phi) is 5.32. The van der Waals surface area contributed by atoms with Crippen LogP contribution in [0.5, 0.6) is 0 Å². The number of carbonyl (C=O) groups excluding carboxylic acids is 1. The number of hydrogen-bond acceptors (Lipinski definition) is 7. The van der Waals surface area contributed by atoms with Crippen LogP contribution < -0.4 is 5.32 Å². The first-order valence-electron chi connectivity index (χ1n) is 8.58. The molecule has 2 aromatic heterocycles. The van der Waals surface area contributed by atoms with E-state index in [0.29, 0.717) is 31.3 Å². The Balaban J connectivity index is 1.46. The van der Waals surface area contributed by atoms with Crippen molar-refractivity contribution in [3.63, 3.8) is 0 Å². The molecule has 0 aliphatic carbocycles. The van der Waals surface area contributed by atoms with Gasteiger partial charge >= 0.3 is 6.03 Å². The molecule has 1 aliphatic rings. The Morgan fingerprint density at radius 1 is 1.28 bits per heavy atom. The fourth-order valence-electron chi connectivity index (χ4n) is 2.82. The number of nitrogens with zero attached hydrogens (tertiary/aromatic N) is 5. The average Bonchev–Trinajstić information content (AvgIpc) is 3.28. The molecule has 1 N–H and O–H groups in total. The van der Waals surface area contributed by atoms with Crippen LogP contribution in [0, 0.1) is 6.92 Å². The highest BCUT2D eigenvalue weighted by atomic mass is 16.5. The Morgan fingerprint density at radius 2 is 2.04 bits per heavy atom. The number of aromatic nitrogens is 3. The molecule has 25 heavy (non-hydrogen) atoms. The van der Waals surface area contributed by atoms with E-state index in [9.17, 15) is 4.79 Å². The van der Waals surface area contributed by atoms with Gasteiger partial charge in [0.2, 0.25) is 5.89 Å². The number of amides is 2. The summed E-state index contributed by atoms with van der Waals surface area (Å²) in [4.78, 5) is 20.7. The number of piperazine rings is 1. The normalized spacial score (nSPS) is 16.8. The third kappa shape index (κ3) is 4.16. The number of aryl methyl sites for hydroxylation is 2. The zero-order chi connectivity index (χ0) is 17.8. The van der Waals surface area contributed by atoms with E-state index in [1.807, 2.05) is 19.9 Å². The summed E-state index contributed by atoms with van der Waals surface area (Å²) < 4.78 is 10.4. The third-order valence-electron chi connectivity index (χ3n) is 4.40. The van der Waals surface area contributed by atoms with Crippen molar-refractivity contribution in [1.29, 1.82) is 0 Å². The highest BCUT2D eigenvalue weighted by molar-refractivity contribution is 5.74. The number of rotatable bonds is 5. The molecule has 0 spiro atoms. The molecular weight excluding hydrogens is 324 g/mol. The van der Waals surface area contributed by atoms with Crippen molar-refractivity contribution >= 4 is 6.03 Å². The Bertz CT molecular complexity index is 704. The van der Waals surface area contributed by atoms with Crippen LogP contribution in [0.3, 0.4) is 0 Å². The molecule has 3 rings (SSSR count). The highest BCUT2D eigenvalue weighted by Crippen LogP contribution is 2.20. The summed E-state index contributed by atoms with van der Waals surface area (Å²) in [6.07, 6.45) is 0.759. The molecule has 9 heteroatoms. The van der Waals surface area contributed by atoms with Crippen molar-refractivity contribution in [1.82, 2.24) is 30.4 Å². The summed E-state index contributed by atoms with van der Waals surface area (Å²) in [7, 11) is 0.